The van der Waals surface area contributed by atoms with Crippen LogP contribution in [0.3, 0.4) is 0 Å². The Bertz CT molecular complexity index is 1950. The van der Waals surface area contributed by atoms with Crippen molar-refractivity contribution in [2.24, 2.45) is 7.05 Å². The van der Waals surface area contributed by atoms with E-state index in [9.17, 15) is 0 Å². The summed E-state index contributed by atoms with van der Waals surface area (Å²) in [4.78, 5) is 5.21. The normalized spacial score (nSPS) is 12.1. The van der Waals surface area contributed by atoms with Crippen molar-refractivity contribution in [3.05, 3.63) is 72.3 Å². The summed E-state index contributed by atoms with van der Waals surface area (Å²) in [7, 11) is 3.90. The molecule has 0 aliphatic heterocycles. The number of para-hydroxylation sites is 1. The van der Waals surface area contributed by atoms with E-state index < -0.39 is 0 Å². The number of rotatable bonds is 2. The van der Waals surface area contributed by atoms with Gasteiger partial charge in [-0.3, -0.25) is 0 Å². The van der Waals surface area contributed by atoms with Crippen LogP contribution < -0.4 is 12.6 Å². The average molecular weight is 660 g/mol. The zero-order chi connectivity index (χ0) is 23.1. The van der Waals surface area contributed by atoms with E-state index in [0.29, 0.717) is 0 Å². The van der Waals surface area contributed by atoms with E-state index in [1.807, 2.05) is 11.3 Å². The van der Waals surface area contributed by atoms with Crippen LogP contribution >= 0.6 is 11.3 Å². The van der Waals surface area contributed by atoms with Crippen LogP contribution in [-0.4, -0.2) is 45.8 Å². The molecule has 0 amide bonds. The number of imidazole rings is 2. The third-order valence-electron chi connectivity index (χ3n) is 6.83. The molecule has 0 spiro atoms. The molecule has 0 atom stereocenters. The summed E-state index contributed by atoms with van der Waals surface area (Å²) >= 11 is 2.56. The Labute approximate surface area is 214 Å². The van der Waals surface area contributed by atoms with Crippen molar-refractivity contribution < 1.29 is 9.30 Å². The van der Waals surface area contributed by atoms with Gasteiger partial charge in [0, 0.05) is 0 Å². The van der Waals surface area contributed by atoms with Crippen molar-refractivity contribution in [1.82, 2.24) is 14.0 Å². The molecule has 0 radical (unpaired) electrons. The van der Waals surface area contributed by atoms with Gasteiger partial charge in [0.15, 0.2) is 0 Å². The molecule has 0 N–H and O–H groups in total. The van der Waals surface area contributed by atoms with Crippen molar-refractivity contribution in [1.29, 1.82) is 0 Å². The topological polar surface area (TPSA) is 35.3 Å². The van der Waals surface area contributed by atoms with Crippen LogP contribution in [0.5, 0.6) is 5.75 Å². The summed E-state index contributed by atoms with van der Waals surface area (Å²) in [5, 5.41) is 1.28. The molecule has 7 heteroatoms. The number of hydrogen-bond acceptors (Lipinski definition) is 3. The molecule has 7 rings (SSSR count). The van der Waals surface area contributed by atoms with Crippen molar-refractivity contribution in [2.75, 3.05) is 7.11 Å². The van der Waals surface area contributed by atoms with Gasteiger partial charge in [-0.25, -0.2) is 0 Å². The van der Waals surface area contributed by atoms with E-state index in [-0.39, 0.29) is 0 Å². The zero-order valence-corrected chi connectivity index (χ0v) is 24.3. The number of aryl methyl sites for hydroxylation is 2. The molecule has 3 aromatic carbocycles. The Kier molecular flexibility index (Phi) is 4.34. The number of aromatic nitrogens is 4. The predicted octanol–water partition coefficient (Wildman–Crippen LogP) is 4.20. The number of thiophene rings is 1. The van der Waals surface area contributed by atoms with Gasteiger partial charge in [0.2, 0.25) is 0 Å². The number of hydrogen-bond donors (Lipinski definition) is 0. The van der Waals surface area contributed by atoms with Gasteiger partial charge < -0.3 is 0 Å². The summed E-state index contributed by atoms with van der Waals surface area (Å²) in [5.41, 5.74) is 6.89. The second-order valence-electron chi connectivity index (χ2n) is 8.62. The molecule has 4 heterocycles. The van der Waals surface area contributed by atoms with E-state index in [0.717, 1.165) is 69.7 Å². The molecular weight excluding hydrogens is 637 g/mol. The van der Waals surface area contributed by atoms with E-state index in [1.165, 1.54) is 23.6 Å². The van der Waals surface area contributed by atoms with E-state index in [2.05, 4.69) is 94.2 Å². The predicted molar refractivity (Wildman–Crippen MR) is 143 cm³/mol. The summed E-state index contributed by atoms with van der Waals surface area (Å²) < 4.78 is 16.6. The molecule has 4 aromatic heterocycles. The molecule has 0 saturated heterocycles. The molecule has 5 nitrogen and oxygen atoms in total. The van der Waals surface area contributed by atoms with Gasteiger partial charge in [-0.2, -0.15) is 0 Å². The maximum absolute atomic E-state index is 5.73. The number of methoxy groups -OCH3 is 1. The monoisotopic (exact) mass is 659 g/mol. The van der Waals surface area contributed by atoms with Gasteiger partial charge in [0.1, 0.15) is 0 Å². The van der Waals surface area contributed by atoms with Crippen LogP contribution in [0.1, 0.15) is 5.56 Å². The average Bonchev–Trinajstić information content (AvgIpc) is 3.50. The fraction of sp³-hybridized carbons (Fsp3) is 0.111. The van der Waals surface area contributed by atoms with Crippen molar-refractivity contribution >= 4 is 87.5 Å². The van der Waals surface area contributed by atoms with Gasteiger partial charge in [0.05, 0.1) is 0 Å². The molecule has 0 unspecified atom stereocenters. The van der Waals surface area contributed by atoms with Crippen LogP contribution in [0, 0.1) is 6.92 Å². The number of pyridine rings is 1. The van der Waals surface area contributed by atoms with E-state index >= 15 is 0 Å². The van der Waals surface area contributed by atoms with E-state index in [4.69, 9.17) is 9.72 Å². The Morgan fingerprint density at radius 2 is 1.79 bits per heavy atom. The van der Waals surface area contributed by atoms with Crippen LogP contribution in [-0.2, 0) is 7.05 Å². The summed E-state index contributed by atoms with van der Waals surface area (Å²) in [6, 6.07) is 23.9. The summed E-state index contributed by atoms with van der Waals surface area (Å²) in [6.45, 7) is 2.14. The van der Waals surface area contributed by atoms with Crippen molar-refractivity contribution in [3.63, 3.8) is 0 Å². The van der Waals surface area contributed by atoms with Crippen LogP contribution in [0.15, 0.2) is 66.7 Å². The van der Waals surface area contributed by atoms with Crippen molar-refractivity contribution in [2.45, 2.75) is 6.92 Å². The SMILES string of the molecule is COc1ccc2c(c1C)n(-c1ccc3sc4ccccc4c3[n+]1C)c1nc3[c]([BiH2])cccc3n21. The Morgan fingerprint density at radius 1 is 0.941 bits per heavy atom. The molecular formula is C27H22BiN4OS+. The minimum atomic E-state index is 0.722. The Balaban J connectivity index is 1.71. The first kappa shape index (κ1) is 20.4. The molecule has 0 aliphatic rings. The van der Waals surface area contributed by atoms with Gasteiger partial charge in [0.25, 0.3) is 0 Å². The quantitative estimate of drug-likeness (QED) is 0.206. The Hall–Kier alpha value is -3.02. The summed E-state index contributed by atoms with van der Waals surface area (Å²) in [5.74, 6) is 2.90. The molecule has 0 bridgehead atoms. The molecule has 166 valence electrons. The molecule has 0 fully saturated rings. The van der Waals surface area contributed by atoms with Gasteiger partial charge in [-0.05, 0) is 0 Å². The number of benzene rings is 3. The van der Waals surface area contributed by atoms with Gasteiger partial charge in [-0.1, -0.05) is 0 Å². The van der Waals surface area contributed by atoms with Crippen LogP contribution in [0.25, 0.3) is 54.0 Å². The fourth-order valence-electron chi connectivity index (χ4n) is 5.28. The van der Waals surface area contributed by atoms with Crippen molar-refractivity contribution in [3.8, 4) is 11.6 Å². The second-order valence-corrected chi connectivity index (χ2v) is 12.1. The zero-order valence-electron chi connectivity index (χ0n) is 19.0. The van der Waals surface area contributed by atoms with Gasteiger partial charge >= 0.3 is 216 Å². The number of fused-ring (bicyclic) bond motifs is 8. The third kappa shape index (κ3) is 2.57. The van der Waals surface area contributed by atoms with Crippen LogP contribution in [0.4, 0.5) is 0 Å². The first-order chi connectivity index (χ1) is 16.6. The molecule has 34 heavy (non-hydrogen) atoms. The first-order valence-corrected chi connectivity index (χ1v) is 14.2. The van der Waals surface area contributed by atoms with Crippen LogP contribution in [0.2, 0.25) is 0 Å². The fourth-order valence-corrected chi connectivity index (χ4v) is 7.67. The van der Waals surface area contributed by atoms with E-state index in [1.54, 1.807) is 7.11 Å². The Morgan fingerprint density at radius 3 is 2.65 bits per heavy atom. The number of ether oxygens (including phenoxy) is 1. The molecule has 7 aromatic rings. The molecule has 0 saturated carbocycles. The molecule has 0 aliphatic carbocycles. The standard InChI is InChI=1S/C27H20N4OS.Bi.2H/c1-16-21(32-3)13-12-20-25(16)31(27-28-18-9-5-6-10-19(18)30(20)27)24-15-14-23-26(29(24)2)17-8-4-7-11-22(17)33-23;;;/h4-8,10-15H,1-3H3;;;/q+1;;;. The number of nitrogens with zero attached hydrogens (tertiary/aromatic N) is 4. The maximum atomic E-state index is 5.73. The minimum absolute atomic E-state index is 0.722. The second kappa shape index (κ2) is 7.24. The summed E-state index contributed by atoms with van der Waals surface area (Å²) in [6.07, 6.45) is 0. The van der Waals surface area contributed by atoms with Gasteiger partial charge in [-0.15, -0.1) is 0 Å². The third-order valence-corrected chi connectivity index (χ3v) is 9.77. The first-order valence-electron chi connectivity index (χ1n) is 11.1.